The lowest BCUT2D eigenvalue weighted by molar-refractivity contribution is -0.0891. The van der Waals surface area contributed by atoms with E-state index in [2.05, 4.69) is 277 Å². The van der Waals surface area contributed by atoms with Gasteiger partial charge in [0, 0.05) is 235 Å². The van der Waals surface area contributed by atoms with Gasteiger partial charge < -0.3 is 14.8 Å². The molecule has 2 aromatic rings. The standard InChI is InChI=1S/C46H2.C18H24N2O4S.C15H20N2O4S/c1-3-5-7-9-11-13-15-17-19-21-23-25-27-29-31-33-35-37-39-41-43-45-46-44-42-40-38-36-34-32-30-28-26-24-22-20-18-16-14-12-10-8-6-4-2;1-3-10-19-11-8-18(9-12-19)20(13-14-24-18)25(22,23)17-6-4-16(5-7-17)15(2)21;1-12(18)13-2-4-14(5-3-13)22(19,20)17-10-11-21-15(17)6-8-16-9-7-15/h1-2H;3-7H,1,8-14H2,2H3;2-5,16H,6-11H2,1H3. The van der Waals surface area contributed by atoms with Crippen LogP contribution in [-0.4, -0.2) is 112 Å². The number of nitrogens with zero attached hydrogens (tertiary/aromatic N) is 3. The zero-order chi connectivity index (χ0) is 67.0. The number of likely N-dealkylation sites (tertiary alicyclic amines) is 1. The summed E-state index contributed by atoms with van der Waals surface area (Å²) in [6.45, 7) is 12.1. The van der Waals surface area contributed by atoms with E-state index in [9.17, 15) is 26.4 Å². The quantitative estimate of drug-likeness (QED) is 0.238. The smallest absolute Gasteiger partial charge is 0.245 e. The van der Waals surface area contributed by atoms with Gasteiger partial charge in [-0.25, -0.2) is 16.8 Å². The van der Waals surface area contributed by atoms with Crippen molar-refractivity contribution in [3.8, 4) is 273 Å². The minimum absolute atomic E-state index is 0.0803. The van der Waals surface area contributed by atoms with Gasteiger partial charge in [0.1, 0.15) is 11.4 Å². The van der Waals surface area contributed by atoms with Gasteiger partial charge in [0.25, 0.3) is 0 Å². The number of piperidine rings is 2. The highest BCUT2D eigenvalue weighted by Crippen LogP contribution is 2.39. The van der Waals surface area contributed by atoms with E-state index >= 15 is 0 Å². The van der Waals surface area contributed by atoms with Gasteiger partial charge in [0.2, 0.25) is 20.0 Å². The van der Waals surface area contributed by atoms with Gasteiger partial charge in [-0.1, -0.05) is 30.3 Å². The van der Waals surface area contributed by atoms with E-state index in [1.54, 1.807) is 24.3 Å². The number of hydrogen-bond donors (Lipinski definition) is 1. The van der Waals surface area contributed by atoms with Gasteiger partial charge in [-0.3, -0.25) is 14.5 Å². The van der Waals surface area contributed by atoms with Crippen molar-refractivity contribution in [3.05, 3.63) is 72.3 Å². The van der Waals surface area contributed by atoms with E-state index in [1.807, 2.05) is 6.08 Å². The number of benzene rings is 2. The number of terminal acetylenes is 2. The Morgan fingerprint density at radius 3 is 0.882 bits per heavy atom. The summed E-state index contributed by atoms with van der Waals surface area (Å²) in [5.41, 5.74) is -0.462. The number of nitrogens with one attached hydrogen (secondary N) is 1. The summed E-state index contributed by atoms with van der Waals surface area (Å²) in [6.07, 6.45) is 14.3. The fourth-order valence-electron chi connectivity index (χ4n) is 8.04. The van der Waals surface area contributed by atoms with Crippen LogP contribution >= 0.6 is 0 Å². The molecule has 1 N–H and O–H groups in total. The van der Waals surface area contributed by atoms with Gasteiger partial charge in [-0.05, 0) is 146 Å². The molecule has 12 nitrogen and oxygen atoms in total. The predicted octanol–water partition coefficient (Wildman–Crippen LogP) is 3.20. The zero-order valence-electron chi connectivity index (χ0n) is 50.2. The van der Waals surface area contributed by atoms with E-state index < -0.39 is 31.5 Å². The van der Waals surface area contributed by atoms with Crippen molar-refractivity contribution < 1.29 is 35.9 Å². The molecule has 4 aliphatic rings. The molecule has 93 heavy (non-hydrogen) atoms. The monoisotopic (exact) mass is 1240 g/mol. The summed E-state index contributed by atoms with van der Waals surface area (Å²) < 4.78 is 66.9. The number of ketones is 2. The molecule has 0 radical (unpaired) electrons. The molecule has 0 aliphatic carbocycles. The number of carbonyl (C=O) groups is 2. The predicted molar refractivity (Wildman–Crippen MR) is 357 cm³/mol. The molecular weight excluding hydrogens is 1200 g/mol. The average Bonchev–Trinajstić information content (AvgIpc) is 1.70. The number of hydrogen-bond acceptors (Lipinski definition) is 10. The molecule has 0 aromatic heterocycles. The summed E-state index contributed by atoms with van der Waals surface area (Å²) in [5, 5.41) is 3.23. The van der Waals surface area contributed by atoms with E-state index in [1.165, 1.54) is 46.7 Å². The van der Waals surface area contributed by atoms with E-state index in [4.69, 9.17) is 22.3 Å². The number of sulfonamides is 2. The Bertz CT molecular complexity index is 4870. The average molecular weight is 1240 g/mol. The zero-order valence-corrected chi connectivity index (χ0v) is 51.8. The van der Waals surface area contributed by atoms with E-state index in [0.29, 0.717) is 63.1 Å². The molecular formula is C79H46N4O8S2. The first-order valence-corrected chi connectivity index (χ1v) is 30.2. The van der Waals surface area contributed by atoms with Crippen LogP contribution < -0.4 is 5.32 Å². The molecule has 0 amide bonds. The summed E-state index contributed by atoms with van der Waals surface area (Å²) in [4.78, 5) is 25.4. The Hall–Kier alpha value is -12.9. The molecule has 4 aliphatic heterocycles. The van der Waals surface area contributed by atoms with Crippen LogP contribution in [-0.2, 0) is 29.5 Å². The molecule has 0 bridgehead atoms. The Kier molecular flexibility index (Phi) is 32.8. The summed E-state index contributed by atoms with van der Waals surface area (Å²) in [6, 6.07) is 12.2. The van der Waals surface area contributed by atoms with Crippen LogP contribution in [0.1, 0.15) is 60.2 Å². The number of rotatable bonds is 8. The van der Waals surface area contributed by atoms with Gasteiger partial charge >= 0.3 is 0 Å². The lowest BCUT2D eigenvalue weighted by Gasteiger charge is -2.42. The van der Waals surface area contributed by atoms with Crippen LogP contribution in [0.5, 0.6) is 0 Å². The molecule has 14 heteroatoms. The summed E-state index contributed by atoms with van der Waals surface area (Å²) >= 11 is 0. The first-order chi connectivity index (χ1) is 45.3. The molecule has 0 atom stereocenters. The van der Waals surface area contributed by atoms with Gasteiger partial charge in [-0.2, -0.15) is 8.61 Å². The molecule has 0 saturated carbocycles. The first kappa shape index (κ1) is 72.5. The second-order valence-corrected chi connectivity index (χ2v) is 21.5. The fourth-order valence-corrected chi connectivity index (χ4v) is 11.5. The maximum atomic E-state index is 13.1. The van der Waals surface area contributed by atoms with Gasteiger partial charge in [-0.15, -0.1) is 19.4 Å². The normalized spacial score (nSPS) is 12.9. The largest absolute Gasteiger partial charge is 0.358 e. The summed E-state index contributed by atoms with van der Waals surface area (Å²) in [7, 11) is -7.28. The van der Waals surface area contributed by atoms with Gasteiger partial charge in [0.15, 0.2) is 11.6 Å². The molecule has 2 aromatic carbocycles. The third kappa shape index (κ3) is 26.5. The highest BCUT2D eigenvalue weighted by molar-refractivity contribution is 7.89. The third-order valence-corrected chi connectivity index (χ3v) is 16.0. The number of carbonyl (C=O) groups excluding carboxylic acids is 2. The minimum atomic E-state index is -3.66. The second-order valence-electron chi connectivity index (χ2n) is 17.8. The molecule has 2 spiro atoms. The van der Waals surface area contributed by atoms with Gasteiger partial charge in [0.05, 0.1) is 23.0 Å². The van der Waals surface area contributed by atoms with Crippen LogP contribution in [0.3, 0.4) is 0 Å². The highest BCUT2D eigenvalue weighted by atomic mass is 32.2. The number of ether oxygens (including phenoxy) is 2. The molecule has 4 fully saturated rings. The Morgan fingerprint density at radius 1 is 0.419 bits per heavy atom. The minimum Gasteiger partial charge on any atom is -0.358 e. The van der Waals surface area contributed by atoms with E-state index in [-0.39, 0.29) is 21.4 Å². The van der Waals surface area contributed by atoms with Crippen molar-refractivity contribution >= 4 is 31.6 Å². The lowest BCUT2D eigenvalue weighted by atomic mass is 10.0. The third-order valence-electron chi connectivity index (χ3n) is 12.1. The van der Waals surface area contributed by atoms with Crippen LogP contribution in [0.25, 0.3) is 0 Å². The highest BCUT2D eigenvalue weighted by Gasteiger charge is 2.51. The SMILES string of the molecule is C#CC#CC#CC#CC#CC#CC#CC#CC#CC#CC#CC#CC#CC#CC#CC#CC#CC#CC#CC#CC#CC#CC#C.C=CCN1CCC2(CC1)OCCN2S(=O)(=O)c1ccc(C(C)=O)cc1.CC(=O)c1ccc(S(=O)(=O)N2CCOC23CCNCC3)cc1. The van der Waals surface area contributed by atoms with Crippen molar-refractivity contribution in [2.75, 3.05) is 59.0 Å². The van der Waals surface area contributed by atoms with Crippen molar-refractivity contribution in [1.82, 2.24) is 18.8 Å². The maximum absolute atomic E-state index is 13.1. The van der Waals surface area contributed by atoms with Crippen molar-refractivity contribution in [2.24, 2.45) is 0 Å². The van der Waals surface area contributed by atoms with Crippen molar-refractivity contribution in [2.45, 2.75) is 60.8 Å². The van der Waals surface area contributed by atoms with Crippen LogP contribution in [0.4, 0.5) is 0 Å². The molecule has 0 unspecified atom stereocenters. The van der Waals surface area contributed by atoms with Crippen LogP contribution in [0.2, 0.25) is 0 Å². The Morgan fingerprint density at radius 2 is 0.656 bits per heavy atom. The van der Waals surface area contributed by atoms with Crippen LogP contribution in [0, 0.1) is 273 Å². The lowest BCUT2D eigenvalue weighted by Crippen LogP contribution is -2.54. The first-order valence-electron chi connectivity index (χ1n) is 27.3. The van der Waals surface area contributed by atoms with Crippen molar-refractivity contribution in [1.29, 1.82) is 0 Å². The maximum Gasteiger partial charge on any atom is 0.245 e. The van der Waals surface area contributed by atoms with Crippen LogP contribution in [0.15, 0.2) is 71.0 Å². The second kappa shape index (κ2) is 42.0. The molecule has 6 rings (SSSR count). The van der Waals surface area contributed by atoms with Crippen molar-refractivity contribution in [3.63, 3.8) is 0 Å². The summed E-state index contributed by atoms with van der Waals surface area (Å²) in [5.74, 6) is 108. The molecule has 4 saturated heterocycles. The Balaban J connectivity index is 0.000000325. The topological polar surface area (TPSA) is 143 Å². The number of Topliss-reactive ketones (excluding diaryl/α,β-unsaturated/α-hetero) is 2. The molecule has 4 heterocycles. The Labute approximate surface area is 548 Å². The van der Waals surface area contributed by atoms with E-state index in [0.717, 1.165) is 32.7 Å². The molecule has 442 valence electrons. The fraction of sp³-hybridized carbons (Fsp3) is 0.215.